The highest BCUT2D eigenvalue weighted by Gasteiger charge is 2.23. The van der Waals surface area contributed by atoms with Crippen molar-refractivity contribution < 1.29 is 19.4 Å². The molecule has 1 atom stereocenters. The predicted octanol–water partition coefficient (Wildman–Crippen LogP) is 3.56. The second-order valence-corrected chi connectivity index (χ2v) is 5.33. The molecule has 25 heavy (non-hydrogen) atoms. The number of amides is 1. The lowest BCUT2D eigenvalue weighted by Gasteiger charge is -2.15. The minimum Gasteiger partial charge on any atom is -0.474 e. The van der Waals surface area contributed by atoms with E-state index in [1.54, 1.807) is 0 Å². The van der Waals surface area contributed by atoms with Gasteiger partial charge in [0.25, 0.3) is 11.6 Å². The quantitative estimate of drug-likeness (QED) is 0.616. The number of ether oxygens (including phenoxy) is 1. The lowest BCUT2D eigenvalue weighted by molar-refractivity contribution is -0.386. The van der Waals surface area contributed by atoms with Gasteiger partial charge < -0.3 is 10.1 Å². The van der Waals surface area contributed by atoms with Crippen LogP contribution in [-0.2, 0) is 4.79 Å². The van der Waals surface area contributed by atoms with E-state index in [1.165, 1.54) is 43.3 Å². The fourth-order valence-corrected chi connectivity index (χ4v) is 2.12. The Morgan fingerprint density at radius 2 is 1.76 bits per heavy atom. The molecule has 0 aliphatic rings. The average molecular weight is 366 g/mol. The Hall–Kier alpha value is -3.20. The SMILES string of the molecule is C[C@@H](Oc1ccc(Cl)cc1[N+](=O)[O-])C(=O)Nc1ccccc1[N+](=O)[O-]. The second-order valence-electron chi connectivity index (χ2n) is 4.89. The summed E-state index contributed by atoms with van der Waals surface area (Å²) in [6.45, 7) is 1.36. The lowest BCUT2D eigenvalue weighted by atomic mass is 10.2. The zero-order valence-electron chi connectivity index (χ0n) is 12.8. The van der Waals surface area contributed by atoms with Crippen molar-refractivity contribution in [1.29, 1.82) is 0 Å². The number of para-hydroxylation sites is 2. The zero-order valence-corrected chi connectivity index (χ0v) is 13.6. The van der Waals surface area contributed by atoms with Gasteiger partial charge in [-0.3, -0.25) is 25.0 Å². The van der Waals surface area contributed by atoms with Crippen molar-refractivity contribution >= 4 is 34.6 Å². The molecule has 130 valence electrons. The van der Waals surface area contributed by atoms with Crippen molar-refractivity contribution in [3.05, 3.63) is 67.7 Å². The Kier molecular flexibility index (Phi) is 5.50. The average Bonchev–Trinajstić information content (AvgIpc) is 2.56. The first-order valence-corrected chi connectivity index (χ1v) is 7.32. The van der Waals surface area contributed by atoms with Gasteiger partial charge in [-0.2, -0.15) is 0 Å². The molecule has 1 amide bonds. The van der Waals surface area contributed by atoms with Crippen molar-refractivity contribution in [2.75, 3.05) is 5.32 Å². The molecule has 0 bridgehead atoms. The summed E-state index contributed by atoms with van der Waals surface area (Å²) >= 11 is 5.71. The fourth-order valence-electron chi connectivity index (χ4n) is 1.95. The summed E-state index contributed by atoms with van der Waals surface area (Å²) in [6.07, 6.45) is -1.14. The van der Waals surface area contributed by atoms with Crippen molar-refractivity contribution in [1.82, 2.24) is 0 Å². The summed E-state index contributed by atoms with van der Waals surface area (Å²) in [6, 6.07) is 9.36. The van der Waals surface area contributed by atoms with Gasteiger partial charge in [0.2, 0.25) is 0 Å². The molecule has 1 N–H and O–H groups in total. The van der Waals surface area contributed by atoms with Crippen LogP contribution in [0.25, 0.3) is 0 Å². The molecule has 0 heterocycles. The summed E-state index contributed by atoms with van der Waals surface area (Å²) in [5.74, 6) is -0.835. The van der Waals surface area contributed by atoms with Gasteiger partial charge in [0.15, 0.2) is 11.9 Å². The van der Waals surface area contributed by atoms with E-state index in [0.717, 1.165) is 6.07 Å². The molecule has 0 saturated heterocycles. The van der Waals surface area contributed by atoms with E-state index in [1.807, 2.05) is 0 Å². The Balaban J connectivity index is 2.17. The molecule has 0 aliphatic carbocycles. The molecular weight excluding hydrogens is 354 g/mol. The van der Waals surface area contributed by atoms with Gasteiger partial charge in [-0.15, -0.1) is 0 Å². The number of hydrogen-bond acceptors (Lipinski definition) is 6. The lowest BCUT2D eigenvalue weighted by Crippen LogP contribution is -2.30. The number of hydrogen-bond donors (Lipinski definition) is 1. The highest BCUT2D eigenvalue weighted by molar-refractivity contribution is 6.30. The fraction of sp³-hybridized carbons (Fsp3) is 0.133. The number of halogens is 1. The number of carbonyl (C=O) groups is 1. The van der Waals surface area contributed by atoms with Gasteiger partial charge in [0.05, 0.1) is 9.85 Å². The minimum absolute atomic E-state index is 0.00134. The van der Waals surface area contributed by atoms with Crippen LogP contribution in [-0.4, -0.2) is 21.9 Å². The van der Waals surface area contributed by atoms with Crippen LogP contribution in [0.4, 0.5) is 17.1 Å². The van der Waals surface area contributed by atoms with Crippen LogP contribution in [0.3, 0.4) is 0 Å². The topological polar surface area (TPSA) is 125 Å². The van der Waals surface area contributed by atoms with Crippen molar-refractivity contribution in [3.8, 4) is 5.75 Å². The van der Waals surface area contributed by atoms with Crippen LogP contribution in [0, 0.1) is 20.2 Å². The molecular formula is C15H12ClN3O6. The van der Waals surface area contributed by atoms with E-state index in [-0.39, 0.29) is 22.1 Å². The Bertz CT molecular complexity index is 842. The smallest absolute Gasteiger partial charge is 0.312 e. The maximum atomic E-state index is 12.2. The molecule has 0 saturated carbocycles. The van der Waals surface area contributed by atoms with E-state index in [4.69, 9.17) is 16.3 Å². The summed E-state index contributed by atoms with van der Waals surface area (Å²) in [5, 5.41) is 24.5. The number of carbonyl (C=O) groups excluding carboxylic acids is 1. The second kappa shape index (κ2) is 7.58. The molecule has 10 heteroatoms. The normalized spacial score (nSPS) is 11.4. The third kappa shape index (κ3) is 4.42. The maximum Gasteiger partial charge on any atom is 0.312 e. The third-order valence-electron chi connectivity index (χ3n) is 3.15. The Morgan fingerprint density at radius 3 is 2.40 bits per heavy atom. The van der Waals surface area contributed by atoms with Gasteiger partial charge >= 0.3 is 5.69 Å². The summed E-state index contributed by atoms with van der Waals surface area (Å²) in [4.78, 5) is 32.8. The first-order valence-electron chi connectivity index (χ1n) is 6.94. The minimum atomic E-state index is -1.14. The van der Waals surface area contributed by atoms with Crippen molar-refractivity contribution in [3.63, 3.8) is 0 Å². The molecule has 0 unspecified atom stereocenters. The molecule has 2 aromatic rings. The van der Waals surface area contributed by atoms with Crippen LogP contribution < -0.4 is 10.1 Å². The van der Waals surface area contributed by atoms with E-state index in [2.05, 4.69) is 5.32 Å². The summed E-state index contributed by atoms with van der Waals surface area (Å²) < 4.78 is 5.31. The van der Waals surface area contributed by atoms with E-state index < -0.39 is 27.5 Å². The predicted molar refractivity (Wildman–Crippen MR) is 89.9 cm³/mol. The van der Waals surface area contributed by atoms with Crippen LogP contribution in [0.5, 0.6) is 5.75 Å². The Morgan fingerprint density at radius 1 is 1.12 bits per heavy atom. The van der Waals surface area contributed by atoms with Crippen LogP contribution in [0.1, 0.15) is 6.92 Å². The molecule has 0 aliphatic heterocycles. The molecule has 2 rings (SSSR count). The number of nitro benzene ring substituents is 2. The van der Waals surface area contributed by atoms with Crippen molar-refractivity contribution in [2.45, 2.75) is 13.0 Å². The van der Waals surface area contributed by atoms with E-state index in [9.17, 15) is 25.0 Å². The van der Waals surface area contributed by atoms with Crippen LogP contribution in [0.15, 0.2) is 42.5 Å². The zero-order chi connectivity index (χ0) is 18.6. The molecule has 2 aromatic carbocycles. The third-order valence-corrected chi connectivity index (χ3v) is 3.38. The number of benzene rings is 2. The monoisotopic (exact) mass is 365 g/mol. The molecule has 0 spiro atoms. The number of anilines is 1. The van der Waals surface area contributed by atoms with Gasteiger partial charge in [-0.05, 0) is 25.1 Å². The Labute approximate surface area is 146 Å². The van der Waals surface area contributed by atoms with Gasteiger partial charge in [-0.1, -0.05) is 23.7 Å². The van der Waals surface area contributed by atoms with E-state index >= 15 is 0 Å². The number of nitrogens with zero attached hydrogens (tertiary/aromatic N) is 2. The molecule has 0 fully saturated rings. The van der Waals surface area contributed by atoms with Crippen LogP contribution in [0.2, 0.25) is 5.02 Å². The van der Waals surface area contributed by atoms with Gasteiger partial charge in [-0.25, -0.2) is 0 Å². The first-order chi connectivity index (χ1) is 11.8. The summed E-state index contributed by atoms with van der Waals surface area (Å²) in [7, 11) is 0. The molecule has 0 radical (unpaired) electrons. The van der Waals surface area contributed by atoms with Crippen molar-refractivity contribution in [2.24, 2.45) is 0 Å². The van der Waals surface area contributed by atoms with Gasteiger partial charge in [0.1, 0.15) is 5.69 Å². The maximum absolute atomic E-state index is 12.2. The number of nitrogens with one attached hydrogen (secondary N) is 1. The first kappa shape index (κ1) is 18.1. The molecule has 0 aromatic heterocycles. The number of rotatable bonds is 6. The summed E-state index contributed by atoms with van der Waals surface area (Å²) in [5.41, 5.74) is -0.670. The van der Waals surface area contributed by atoms with Crippen LogP contribution >= 0.6 is 11.6 Å². The van der Waals surface area contributed by atoms with Gasteiger partial charge in [0, 0.05) is 17.2 Å². The van der Waals surface area contributed by atoms with E-state index in [0.29, 0.717) is 0 Å². The largest absolute Gasteiger partial charge is 0.474 e. The molecule has 9 nitrogen and oxygen atoms in total. The highest BCUT2D eigenvalue weighted by Crippen LogP contribution is 2.31. The highest BCUT2D eigenvalue weighted by atomic mass is 35.5. The number of nitro groups is 2. The standard InChI is InChI=1S/C15H12ClN3O6/c1-9(25-14-7-6-10(16)8-13(14)19(23)24)15(20)17-11-4-2-3-5-12(11)18(21)22/h2-9H,1H3,(H,17,20)/t9-/m1/s1.